The summed E-state index contributed by atoms with van der Waals surface area (Å²) in [5, 5.41) is 6.74. The fraction of sp³-hybridized carbons (Fsp3) is 0.769. The van der Waals surface area contributed by atoms with Gasteiger partial charge in [0.25, 0.3) is 0 Å². The van der Waals surface area contributed by atoms with E-state index < -0.39 is 0 Å². The SMILES string of the molecule is COCCCNCC(C)N(C)Cc1csc(C)n1. The van der Waals surface area contributed by atoms with Crippen LogP contribution in [0.15, 0.2) is 5.38 Å². The number of aromatic nitrogens is 1. The standard InChI is InChI=1S/C13H25N3OS/c1-11(8-14-6-5-7-17-4)16(3)9-13-10-18-12(2)15-13/h10-11,14H,5-9H2,1-4H3. The van der Waals surface area contributed by atoms with Gasteiger partial charge < -0.3 is 10.1 Å². The predicted molar refractivity (Wildman–Crippen MR) is 77.1 cm³/mol. The quantitative estimate of drug-likeness (QED) is 0.696. The zero-order valence-corrected chi connectivity index (χ0v) is 12.7. The lowest BCUT2D eigenvalue weighted by atomic mass is 10.2. The molecule has 104 valence electrons. The minimum atomic E-state index is 0.509. The molecule has 0 radical (unpaired) electrons. The average molecular weight is 271 g/mol. The van der Waals surface area contributed by atoms with Gasteiger partial charge in [0.2, 0.25) is 0 Å². The van der Waals surface area contributed by atoms with Crippen molar-refractivity contribution >= 4 is 11.3 Å². The molecule has 5 heteroatoms. The van der Waals surface area contributed by atoms with E-state index in [1.807, 2.05) is 0 Å². The van der Waals surface area contributed by atoms with Gasteiger partial charge in [0.05, 0.1) is 10.7 Å². The van der Waals surface area contributed by atoms with E-state index in [0.29, 0.717) is 6.04 Å². The van der Waals surface area contributed by atoms with Crippen molar-refractivity contribution in [2.75, 3.05) is 33.9 Å². The molecule has 0 saturated heterocycles. The van der Waals surface area contributed by atoms with E-state index >= 15 is 0 Å². The molecule has 0 fully saturated rings. The van der Waals surface area contributed by atoms with Crippen LogP contribution in [0.2, 0.25) is 0 Å². The van der Waals surface area contributed by atoms with E-state index in [1.54, 1.807) is 18.4 Å². The topological polar surface area (TPSA) is 37.4 Å². The largest absolute Gasteiger partial charge is 0.385 e. The van der Waals surface area contributed by atoms with Gasteiger partial charge in [-0.15, -0.1) is 11.3 Å². The van der Waals surface area contributed by atoms with Crippen molar-refractivity contribution in [3.63, 3.8) is 0 Å². The Bertz CT molecular complexity index is 330. The van der Waals surface area contributed by atoms with Crippen LogP contribution in [-0.2, 0) is 11.3 Å². The molecule has 0 bridgehead atoms. The third-order valence-corrected chi connectivity index (χ3v) is 3.79. The van der Waals surface area contributed by atoms with Crippen LogP contribution in [0.25, 0.3) is 0 Å². The molecule has 1 atom stereocenters. The van der Waals surface area contributed by atoms with Gasteiger partial charge in [-0.1, -0.05) is 0 Å². The average Bonchev–Trinajstić information content (AvgIpc) is 2.74. The van der Waals surface area contributed by atoms with Crippen LogP contribution in [0.1, 0.15) is 24.0 Å². The molecule has 0 saturated carbocycles. The summed E-state index contributed by atoms with van der Waals surface area (Å²) in [6.07, 6.45) is 1.07. The van der Waals surface area contributed by atoms with Crippen molar-refractivity contribution in [1.82, 2.24) is 15.2 Å². The Morgan fingerprint density at radius 1 is 1.56 bits per heavy atom. The summed E-state index contributed by atoms with van der Waals surface area (Å²) in [7, 11) is 3.89. The van der Waals surface area contributed by atoms with E-state index in [-0.39, 0.29) is 0 Å². The molecule has 1 rings (SSSR count). The van der Waals surface area contributed by atoms with E-state index in [1.165, 1.54) is 5.69 Å². The van der Waals surface area contributed by atoms with Crippen LogP contribution < -0.4 is 5.32 Å². The fourth-order valence-electron chi connectivity index (χ4n) is 1.70. The summed E-state index contributed by atoms with van der Waals surface area (Å²) in [6, 6.07) is 0.509. The Kier molecular flexibility index (Phi) is 7.42. The van der Waals surface area contributed by atoms with Crippen molar-refractivity contribution in [2.45, 2.75) is 32.9 Å². The van der Waals surface area contributed by atoms with E-state index in [4.69, 9.17) is 4.74 Å². The number of nitrogens with one attached hydrogen (secondary N) is 1. The van der Waals surface area contributed by atoms with Crippen LogP contribution in [0.3, 0.4) is 0 Å². The summed E-state index contributed by atoms with van der Waals surface area (Å²) in [5.74, 6) is 0. The number of hydrogen-bond donors (Lipinski definition) is 1. The Balaban J connectivity index is 2.18. The van der Waals surface area contributed by atoms with Crippen LogP contribution >= 0.6 is 11.3 Å². The first-order valence-electron chi connectivity index (χ1n) is 6.44. The molecule has 0 aliphatic rings. The minimum Gasteiger partial charge on any atom is -0.385 e. The summed E-state index contributed by atoms with van der Waals surface area (Å²) in [6.45, 7) is 8.06. The number of rotatable bonds is 9. The predicted octanol–water partition coefficient (Wildman–Crippen LogP) is 1.90. The van der Waals surface area contributed by atoms with Gasteiger partial charge in [-0.05, 0) is 33.9 Å². The molecule has 0 aliphatic carbocycles. The number of nitrogens with zero attached hydrogens (tertiary/aromatic N) is 2. The summed E-state index contributed by atoms with van der Waals surface area (Å²) in [4.78, 5) is 6.82. The fourth-order valence-corrected chi connectivity index (χ4v) is 2.30. The summed E-state index contributed by atoms with van der Waals surface area (Å²) < 4.78 is 5.02. The minimum absolute atomic E-state index is 0.509. The van der Waals surface area contributed by atoms with Gasteiger partial charge in [-0.3, -0.25) is 4.90 Å². The van der Waals surface area contributed by atoms with Gasteiger partial charge >= 0.3 is 0 Å². The van der Waals surface area contributed by atoms with Crippen LogP contribution in [0, 0.1) is 6.92 Å². The monoisotopic (exact) mass is 271 g/mol. The lowest BCUT2D eigenvalue weighted by Crippen LogP contribution is -2.38. The number of thiazole rings is 1. The van der Waals surface area contributed by atoms with Crippen molar-refractivity contribution < 1.29 is 4.74 Å². The van der Waals surface area contributed by atoms with Gasteiger partial charge in [0.1, 0.15) is 0 Å². The van der Waals surface area contributed by atoms with E-state index in [9.17, 15) is 0 Å². The molecular weight excluding hydrogens is 246 g/mol. The first-order chi connectivity index (χ1) is 8.63. The maximum absolute atomic E-state index is 5.02. The number of hydrogen-bond acceptors (Lipinski definition) is 5. The zero-order chi connectivity index (χ0) is 13.4. The number of aryl methyl sites for hydroxylation is 1. The smallest absolute Gasteiger partial charge is 0.0897 e. The molecular formula is C13H25N3OS. The first-order valence-corrected chi connectivity index (χ1v) is 7.32. The lowest BCUT2D eigenvalue weighted by molar-refractivity contribution is 0.191. The molecule has 18 heavy (non-hydrogen) atoms. The highest BCUT2D eigenvalue weighted by molar-refractivity contribution is 7.09. The van der Waals surface area contributed by atoms with Crippen molar-refractivity contribution in [1.29, 1.82) is 0 Å². The Labute approximate surface area is 114 Å². The van der Waals surface area contributed by atoms with E-state index in [2.05, 4.69) is 41.5 Å². The van der Waals surface area contributed by atoms with Gasteiger partial charge in [-0.2, -0.15) is 0 Å². The van der Waals surface area contributed by atoms with Crippen molar-refractivity contribution in [3.8, 4) is 0 Å². The summed E-state index contributed by atoms with van der Waals surface area (Å²) >= 11 is 1.72. The van der Waals surface area contributed by atoms with Crippen molar-refractivity contribution in [3.05, 3.63) is 16.1 Å². The lowest BCUT2D eigenvalue weighted by Gasteiger charge is -2.24. The first kappa shape index (κ1) is 15.6. The molecule has 1 unspecified atom stereocenters. The number of ether oxygens (including phenoxy) is 1. The molecule has 4 nitrogen and oxygen atoms in total. The Morgan fingerprint density at radius 3 is 2.94 bits per heavy atom. The normalized spacial score (nSPS) is 13.2. The van der Waals surface area contributed by atoms with Gasteiger partial charge in [-0.25, -0.2) is 4.98 Å². The van der Waals surface area contributed by atoms with Crippen LogP contribution in [0.5, 0.6) is 0 Å². The van der Waals surface area contributed by atoms with E-state index in [0.717, 1.165) is 37.7 Å². The molecule has 1 N–H and O–H groups in total. The maximum Gasteiger partial charge on any atom is 0.0897 e. The Morgan fingerprint density at radius 2 is 2.33 bits per heavy atom. The molecule has 1 aromatic heterocycles. The zero-order valence-electron chi connectivity index (χ0n) is 11.9. The van der Waals surface area contributed by atoms with Crippen LogP contribution in [0.4, 0.5) is 0 Å². The second-order valence-corrected chi connectivity index (χ2v) is 5.73. The van der Waals surface area contributed by atoms with Crippen LogP contribution in [-0.4, -0.2) is 49.8 Å². The highest BCUT2D eigenvalue weighted by Crippen LogP contribution is 2.10. The highest BCUT2D eigenvalue weighted by atomic mass is 32.1. The molecule has 0 aliphatic heterocycles. The van der Waals surface area contributed by atoms with Gasteiger partial charge in [0.15, 0.2) is 0 Å². The van der Waals surface area contributed by atoms with Crippen molar-refractivity contribution in [2.24, 2.45) is 0 Å². The Hall–Kier alpha value is -0.490. The second-order valence-electron chi connectivity index (χ2n) is 4.67. The molecule has 1 aromatic rings. The second kappa shape index (κ2) is 8.58. The third kappa shape index (κ3) is 5.91. The molecule has 0 spiro atoms. The number of methoxy groups -OCH3 is 1. The third-order valence-electron chi connectivity index (χ3n) is 2.97. The highest BCUT2D eigenvalue weighted by Gasteiger charge is 2.10. The molecule has 0 aromatic carbocycles. The molecule has 0 amide bonds. The molecule has 1 heterocycles. The number of likely N-dealkylation sites (N-methyl/N-ethyl adjacent to an activating group) is 1. The van der Waals surface area contributed by atoms with Gasteiger partial charge in [0, 0.05) is 38.2 Å². The summed E-state index contributed by atoms with van der Waals surface area (Å²) in [5.41, 5.74) is 1.17. The maximum atomic E-state index is 5.02.